The molecule has 0 atom stereocenters. The van der Waals surface area contributed by atoms with Gasteiger partial charge in [0, 0.05) is 10.6 Å². The fourth-order valence-electron chi connectivity index (χ4n) is 2.20. The second-order valence-corrected chi connectivity index (χ2v) is 5.33. The van der Waals surface area contributed by atoms with Crippen molar-refractivity contribution in [3.63, 3.8) is 0 Å². The summed E-state index contributed by atoms with van der Waals surface area (Å²) in [5.74, 6) is -0.176. The Hall–Kier alpha value is -2.13. The van der Waals surface area contributed by atoms with Crippen molar-refractivity contribution in [3.05, 3.63) is 58.1 Å². The summed E-state index contributed by atoms with van der Waals surface area (Å²) in [7, 11) is 0. The summed E-state index contributed by atoms with van der Waals surface area (Å²) >= 11 is 5.99. The molecule has 1 aliphatic heterocycles. The number of fused-ring (bicyclic) bond motifs is 1. The van der Waals surface area contributed by atoms with Crippen LogP contribution in [0.2, 0.25) is 5.02 Å². The first-order valence-corrected chi connectivity index (χ1v) is 6.69. The molecule has 0 saturated carbocycles. The molecule has 1 aliphatic rings. The van der Waals surface area contributed by atoms with Gasteiger partial charge in [0.2, 0.25) is 0 Å². The Labute approximate surface area is 122 Å². The van der Waals surface area contributed by atoms with Gasteiger partial charge in [-0.3, -0.25) is 4.79 Å². The molecule has 0 fully saturated rings. The third-order valence-electron chi connectivity index (χ3n) is 3.30. The summed E-state index contributed by atoms with van der Waals surface area (Å²) in [5, 5.41) is 3.44. The van der Waals surface area contributed by atoms with E-state index in [0.29, 0.717) is 10.7 Å². The van der Waals surface area contributed by atoms with Crippen LogP contribution < -0.4 is 5.32 Å². The molecule has 0 bridgehead atoms. The Balaban J connectivity index is 2.15. The molecule has 4 heteroatoms. The van der Waals surface area contributed by atoms with Crippen molar-refractivity contribution < 1.29 is 4.79 Å². The van der Waals surface area contributed by atoms with Crippen molar-refractivity contribution in [2.75, 3.05) is 5.32 Å². The van der Waals surface area contributed by atoms with Crippen molar-refractivity contribution in [1.29, 1.82) is 0 Å². The first-order chi connectivity index (χ1) is 9.54. The van der Waals surface area contributed by atoms with Gasteiger partial charge in [-0.05, 0) is 43.7 Å². The van der Waals surface area contributed by atoms with Gasteiger partial charge >= 0.3 is 0 Å². The number of nitrogens with one attached hydrogen (secondary N) is 1. The number of aliphatic imine (C=N–C) groups is 1. The van der Waals surface area contributed by atoms with Gasteiger partial charge in [-0.15, -0.1) is 0 Å². The molecule has 0 spiro atoms. The Morgan fingerprint density at radius 2 is 1.90 bits per heavy atom. The van der Waals surface area contributed by atoms with Crippen LogP contribution in [0.1, 0.15) is 16.7 Å². The number of aryl methyl sites for hydroxylation is 2. The van der Waals surface area contributed by atoms with E-state index in [1.54, 1.807) is 6.07 Å². The van der Waals surface area contributed by atoms with Crippen molar-refractivity contribution >= 4 is 34.6 Å². The summed E-state index contributed by atoms with van der Waals surface area (Å²) < 4.78 is 0. The van der Waals surface area contributed by atoms with E-state index in [-0.39, 0.29) is 5.91 Å². The Morgan fingerprint density at radius 1 is 1.10 bits per heavy atom. The monoisotopic (exact) mass is 284 g/mol. The zero-order chi connectivity index (χ0) is 14.3. The first-order valence-electron chi connectivity index (χ1n) is 6.32. The molecule has 2 aromatic rings. The maximum absolute atomic E-state index is 12.1. The van der Waals surface area contributed by atoms with Crippen LogP contribution in [0.25, 0.3) is 0 Å². The van der Waals surface area contributed by atoms with Gasteiger partial charge in [0.25, 0.3) is 5.91 Å². The van der Waals surface area contributed by atoms with Crippen LogP contribution in [-0.2, 0) is 4.79 Å². The van der Waals surface area contributed by atoms with E-state index in [4.69, 9.17) is 11.6 Å². The van der Waals surface area contributed by atoms with E-state index in [1.165, 1.54) is 0 Å². The van der Waals surface area contributed by atoms with Gasteiger partial charge in [-0.1, -0.05) is 29.3 Å². The number of halogens is 1. The van der Waals surface area contributed by atoms with Crippen LogP contribution >= 0.6 is 11.6 Å². The molecule has 20 heavy (non-hydrogen) atoms. The number of nitrogens with zero attached hydrogens (tertiary/aromatic N) is 1. The minimum absolute atomic E-state index is 0.176. The molecule has 0 radical (unpaired) electrons. The molecule has 100 valence electrons. The lowest BCUT2D eigenvalue weighted by Gasteiger charge is -2.03. The normalized spacial score (nSPS) is 15.3. The molecule has 0 aliphatic carbocycles. The summed E-state index contributed by atoms with van der Waals surface area (Å²) in [6.45, 7) is 3.94. The molecule has 2 aromatic carbocycles. The van der Waals surface area contributed by atoms with Crippen molar-refractivity contribution in [1.82, 2.24) is 0 Å². The predicted molar refractivity (Wildman–Crippen MR) is 82.2 cm³/mol. The lowest BCUT2D eigenvalue weighted by molar-refractivity contribution is -0.110. The zero-order valence-corrected chi connectivity index (χ0v) is 12.0. The van der Waals surface area contributed by atoms with Gasteiger partial charge < -0.3 is 5.32 Å². The average Bonchev–Trinajstić information content (AvgIpc) is 2.70. The van der Waals surface area contributed by atoms with Crippen LogP contribution in [0.4, 0.5) is 11.4 Å². The number of anilines is 1. The molecule has 1 amide bonds. The first kappa shape index (κ1) is 12.9. The largest absolute Gasteiger partial charge is 0.320 e. The number of hydrogen-bond acceptors (Lipinski definition) is 2. The molecule has 1 N–H and O–H groups in total. The highest BCUT2D eigenvalue weighted by atomic mass is 35.5. The van der Waals surface area contributed by atoms with Gasteiger partial charge in [0.15, 0.2) is 0 Å². The van der Waals surface area contributed by atoms with Crippen molar-refractivity contribution in [2.24, 2.45) is 4.99 Å². The second-order valence-electron chi connectivity index (χ2n) is 4.89. The number of hydrogen-bond donors (Lipinski definition) is 1. The predicted octanol–water partition coefficient (Wildman–Crippen LogP) is 4.03. The fraction of sp³-hybridized carbons (Fsp3) is 0.125. The number of carbonyl (C=O) groups is 1. The molecular formula is C16H13ClN2O. The van der Waals surface area contributed by atoms with Gasteiger partial charge in [0.1, 0.15) is 5.71 Å². The smallest absolute Gasteiger partial charge is 0.275 e. The second kappa shape index (κ2) is 4.76. The summed E-state index contributed by atoms with van der Waals surface area (Å²) in [5.41, 5.74) is 4.88. The maximum atomic E-state index is 12.1. The molecule has 0 aromatic heterocycles. The van der Waals surface area contributed by atoms with Crippen molar-refractivity contribution in [2.45, 2.75) is 13.8 Å². The summed E-state index contributed by atoms with van der Waals surface area (Å²) in [4.78, 5) is 16.6. The topological polar surface area (TPSA) is 41.5 Å². The Bertz CT molecular complexity index is 750. The highest BCUT2D eigenvalue weighted by Gasteiger charge is 2.26. The molecule has 3 rings (SSSR count). The number of amides is 1. The maximum Gasteiger partial charge on any atom is 0.275 e. The van der Waals surface area contributed by atoms with Crippen LogP contribution in [-0.4, -0.2) is 11.6 Å². The van der Waals surface area contributed by atoms with Crippen LogP contribution in [0.15, 0.2) is 41.4 Å². The average molecular weight is 285 g/mol. The van der Waals surface area contributed by atoms with E-state index < -0.39 is 0 Å². The highest BCUT2D eigenvalue weighted by Crippen LogP contribution is 2.29. The minimum atomic E-state index is -0.176. The summed E-state index contributed by atoms with van der Waals surface area (Å²) in [6.07, 6.45) is 0. The lowest BCUT2D eigenvalue weighted by Crippen LogP contribution is -2.14. The van der Waals surface area contributed by atoms with Crippen LogP contribution in [0.5, 0.6) is 0 Å². The Morgan fingerprint density at radius 3 is 2.70 bits per heavy atom. The third-order valence-corrected chi connectivity index (χ3v) is 3.53. The molecule has 0 saturated heterocycles. The van der Waals surface area contributed by atoms with E-state index in [2.05, 4.69) is 10.3 Å². The minimum Gasteiger partial charge on any atom is -0.320 e. The van der Waals surface area contributed by atoms with Gasteiger partial charge in [0.05, 0.1) is 11.4 Å². The molecule has 3 nitrogen and oxygen atoms in total. The SMILES string of the molecule is Cc1ccc2c(c1)C(=Nc1cc(Cl)ccc1C)C(=O)N2. The van der Waals surface area contributed by atoms with Crippen LogP contribution in [0, 0.1) is 13.8 Å². The quantitative estimate of drug-likeness (QED) is 0.844. The van der Waals surface area contributed by atoms with E-state index >= 15 is 0 Å². The molecule has 0 unspecified atom stereocenters. The van der Waals surface area contributed by atoms with Gasteiger partial charge in [-0.25, -0.2) is 4.99 Å². The third kappa shape index (κ3) is 2.21. The highest BCUT2D eigenvalue weighted by molar-refractivity contribution is 6.54. The zero-order valence-electron chi connectivity index (χ0n) is 11.2. The fourth-order valence-corrected chi connectivity index (χ4v) is 2.37. The Kier molecular flexibility index (Phi) is 3.07. The van der Waals surface area contributed by atoms with E-state index in [1.807, 2.05) is 44.2 Å². The van der Waals surface area contributed by atoms with E-state index in [0.717, 1.165) is 28.1 Å². The lowest BCUT2D eigenvalue weighted by atomic mass is 10.1. The van der Waals surface area contributed by atoms with Crippen molar-refractivity contribution in [3.8, 4) is 0 Å². The number of benzene rings is 2. The summed E-state index contributed by atoms with van der Waals surface area (Å²) in [6, 6.07) is 11.3. The van der Waals surface area contributed by atoms with Gasteiger partial charge in [-0.2, -0.15) is 0 Å². The number of rotatable bonds is 1. The van der Waals surface area contributed by atoms with E-state index in [9.17, 15) is 4.79 Å². The number of carbonyl (C=O) groups excluding carboxylic acids is 1. The van der Waals surface area contributed by atoms with Crippen LogP contribution in [0.3, 0.4) is 0 Å². The standard InChI is InChI=1S/C16H13ClN2O/c1-9-3-6-13-12(7-9)15(16(20)19-13)18-14-8-11(17)5-4-10(14)2/h3-8H,1-2H3,(H,18,19,20). The molecule has 1 heterocycles. The molecular weight excluding hydrogens is 272 g/mol.